The average molecular weight is 309 g/mol. The zero-order chi connectivity index (χ0) is 16.3. The van der Waals surface area contributed by atoms with E-state index in [0.29, 0.717) is 18.3 Å². The molecule has 1 aromatic rings. The molecule has 0 aliphatic carbocycles. The molecule has 6 nitrogen and oxygen atoms in total. The molecule has 1 aromatic heterocycles. The van der Waals surface area contributed by atoms with Crippen molar-refractivity contribution in [2.75, 3.05) is 6.54 Å². The van der Waals surface area contributed by atoms with E-state index in [0.717, 1.165) is 25.7 Å². The molecule has 1 saturated heterocycles. The second-order valence-electron chi connectivity index (χ2n) is 7.18. The third-order valence-corrected chi connectivity index (χ3v) is 3.63. The van der Waals surface area contributed by atoms with Crippen LogP contribution in [0.1, 0.15) is 84.0 Å². The second kappa shape index (κ2) is 6.67. The monoisotopic (exact) mass is 309 g/mol. The number of likely N-dealkylation sites (tertiary alicyclic amines) is 1. The Hall–Kier alpha value is -1.59. The Morgan fingerprint density at radius 1 is 1.32 bits per heavy atom. The summed E-state index contributed by atoms with van der Waals surface area (Å²) in [7, 11) is 0. The predicted octanol–water partition coefficient (Wildman–Crippen LogP) is 4.05. The van der Waals surface area contributed by atoms with Gasteiger partial charge in [0.05, 0.1) is 6.04 Å². The first-order valence-corrected chi connectivity index (χ1v) is 8.11. The molecule has 0 bridgehead atoms. The smallest absolute Gasteiger partial charge is 0.410 e. The van der Waals surface area contributed by atoms with Crippen molar-refractivity contribution in [3.05, 3.63) is 11.7 Å². The van der Waals surface area contributed by atoms with Gasteiger partial charge in [0.25, 0.3) is 0 Å². The molecule has 0 saturated carbocycles. The Kier molecular flexibility index (Phi) is 5.08. The topological polar surface area (TPSA) is 68.5 Å². The van der Waals surface area contributed by atoms with Crippen LogP contribution in [0.5, 0.6) is 0 Å². The maximum Gasteiger partial charge on any atom is 0.410 e. The van der Waals surface area contributed by atoms with Crippen LogP contribution in [0.25, 0.3) is 0 Å². The van der Waals surface area contributed by atoms with Crippen molar-refractivity contribution in [2.45, 2.75) is 77.9 Å². The molecule has 0 aromatic carbocycles. The van der Waals surface area contributed by atoms with Crippen LogP contribution in [0.15, 0.2) is 4.52 Å². The molecule has 0 N–H and O–H groups in total. The largest absolute Gasteiger partial charge is 0.444 e. The van der Waals surface area contributed by atoms with E-state index in [-0.39, 0.29) is 18.1 Å². The molecular weight excluding hydrogens is 282 g/mol. The minimum atomic E-state index is -0.506. The van der Waals surface area contributed by atoms with Crippen molar-refractivity contribution in [1.82, 2.24) is 15.0 Å². The Labute approximate surface area is 132 Å². The van der Waals surface area contributed by atoms with Gasteiger partial charge in [0.2, 0.25) is 5.89 Å². The minimum Gasteiger partial charge on any atom is -0.444 e. The molecule has 0 spiro atoms. The number of carbonyl (C=O) groups excluding carboxylic acids is 1. The Bertz CT molecular complexity index is 505. The quantitative estimate of drug-likeness (QED) is 0.824. The van der Waals surface area contributed by atoms with Gasteiger partial charge < -0.3 is 9.26 Å². The molecule has 1 aliphatic rings. The average Bonchev–Trinajstić information content (AvgIpc) is 2.75. The SMILES string of the molecule is CC(C)c1nc([C@@H]2CCCCCN2C(=O)OC(C)(C)C)no1. The number of nitrogens with zero attached hydrogens (tertiary/aromatic N) is 3. The first-order valence-electron chi connectivity index (χ1n) is 8.11. The van der Waals surface area contributed by atoms with E-state index < -0.39 is 5.60 Å². The number of carbonyl (C=O) groups is 1. The fraction of sp³-hybridized carbons (Fsp3) is 0.812. The molecule has 0 unspecified atom stereocenters. The van der Waals surface area contributed by atoms with Crippen molar-refractivity contribution in [3.63, 3.8) is 0 Å². The van der Waals surface area contributed by atoms with Gasteiger partial charge in [-0.2, -0.15) is 4.98 Å². The van der Waals surface area contributed by atoms with E-state index in [1.807, 2.05) is 34.6 Å². The van der Waals surface area contributed by atoms with Gasteiger partial charge in [-0.1, -0.05) is 31.8 Å². The summed E-state index contributed by atoms with van der Waals surface area (Å²) in [5.41, 5.74) is -0.506. The highest BCUT2D eigenvalue weighted by Crippen LogP contribution is 2.30. The van der Waals surface area contributed by atoms with Gasteiger partial charge in [0, 0.05) is 12.5 Å². The summed E-state index contributed by atoms with van der Waals surface area (Å²) in [6.45, 7) is 10.3. The number of hydrogen-bond acceptors (Lipinski definition) is 5. The lowest BCUT2D eigenvalue weighted by atomic mass is 10.1. The standard InChI is InChI=1S/C16H27N3O3/c1-11(2)14-17-13(18-22-14)12-9-7-6-8-10-19(12)15(20)21-16(3,4)5/h11-12H,6-10H2,1-5H3/t12-/m0/s1. The molecule has 124 valence electrons. The lowest BCUT2D eigenvalue weighted by Crippen LogP contribution is -2.39. The number of aromatic nitrogens is 2. The van der Waals surface area contributed by atoms with Crippen molar-refractivity contribution >= 4 is 6.09 Å². The van der Waals surface area contributed by atoms with Crippen LogP contribution < -0.4 is 0 Å². The van der Waals surface area contributed by atoms with Gasteiger partial charge in [-0.15, -0.1) is 0 Å². The van der Waals surface area contributed by atoms with Crippen molar-refractivity contribution in [1.29, 1.82) is 0 Å². The minimum absolute atomic E-state index is 0.159. The van der Waals surface area contributed by atoms with E-state index in [9.17, 15) is 4.79 Å². The zero-order valence-corrected chi connectivity index (χ0v) is 14.3. The highest BCUT2D eigenvalue weighted by Gasteiger charge is 2.33. The van der Waals surface area contributed by atoms with E-state index in [1.54, 1.807) is 4.90 Å². The highest BCUT2D eigenvalue weighted by atomic mass is 16.6. The summed E-state index contributed by atoms with van der Waals surface area (Å²) in [6.07, 6.45) is 3.68. The van der Waals surface area contributed by atoms with E-state index in [2.05, 4.69) is 10.1 Å². The second-order valence-corrected chi connectivity index (χ2v) is 7.18. The molecule has 1 atom stereocenters. The predicted molar refractivity (Wildman–Crippen MR) is 82.5 cm³/mol. The zero-order valence-electron chi connectivity index (χ0n) is 14.3. The first-order chi connectivity index (χ1) is 10.3. The lowest BCUT2D eigenvalue weighted by Gasteiger charge is -2.30. The number of ether oxygens (including phenoxy) is 1. The van der Waals surface area contributed by atoms with Gasteiger partial charge >= 0.3 is 6.09 Å². The van der Waals surface area contributed by atoms with Gasteiger partial charge in [-0.3, -0.25) is 4.90 Å². The Balaban J connectivity index is 2.21. The molecule has 2 rings (SSSR count). The van der Waals surface area contributed by atoms with E-state index in [4.69, 9.17) is 9.26 Å². The molecule has 1 amide bonds. The molecule has 1 aliphatic heterocycles. The summed E-state index contributed by atoms with van der Waals surface area (Å²) in [4.78, 5) is 18.7. The Morgan fingerprint density at radius 2 is 2.05 bits per heavy atom. The number of amides is 1. The fourth-order valence-electron chi connectivity index (χ4n) is 2.53. The maximum atomic E-state index is 12.5. The van der Waals surface area contributed by atoms with Gasteiger partial charge in [0.15, 0.2) is 5.82 Å². The molecule has 1 fully saturated rings. The van der Waals surface area contributed by atoms with Gasteiger partial charge in [-0.25, -0.2) is 4.79 Å². The van der Waals surface area contributed by atoms with Crippen molar-refractivity contribution < 1.29 is 14.1 Å². The third-order valence-electron chi connectivity index (χ3n) is 3.63. The summed E-state index contributed by atoms with van der Waals surface area (Å²) in [5, 5.41) is 4.10. The van der Waals surface area contributed by atoms with Crippen LogP contribution in [-0.2, 0) is 4.74 Å². The van der Waals surface area contributed by atoms with Crippen LogP contribution in [0.3, 0.4) is 0 Å². The van der Waals surface area contributed by atoms with Gasteiger partial charge in [0.1, 0.15) is 5.60 Å². The van der Waals surface area contributed by atoms with Crippen LogP contribution >= 0.6 is 0 Å². The number of rotatable bonds is 2. The van der Waals surface area contributed by atoms with Crippen LogP contribution in [-0.4, -0.2) is 33.3 Å². The lowest BCUT2D eigenvalue weighted by molar-refractivity contribution is 0.0153. The summed E-state index contributed by atoms with van der Waals surface area (Å²) in [6, 6.07) is -0.159. The summed E-state index contributed by atoms with van der Waals surface area (Å²) >= 11 is 0. The Morgan fingerprint density at radius 3 is 2.64 bits per heavy atom. The summed E-state index contributed by atoms with van der Waals surface area (Å²) in [5.74, 6) is 1.39. The fourth-order valence-corrected chi connectivity index (χ4v) is 2.53. The number of hydrogen-bond donors (Lipinski definition) is 0. The molecule has 22 heavy (non-hydrogen) atoms. The van der Waals surface area contributed by atoms with E-state index >= 15 is 0 Å². The van der Waals surface area contributed by atoms with Crippen molar-refractivity contribution in [3.8, 4) is 0 Å². The van der Waals surface area contributed by atoms with Gasteiger partial charge in [-0.05, 0) is 33.6 Å². The summed E-state index contributed by atoms with van der Waals surface area (Å²) < 4.78 is 10.8. The third kappa shape index (κ3) is 4.21. The molecule has 2 heterocycles. The molecule has 6 heteroatoms. The van der Waals surface area contributed by atoms with Crippen LogP contribution in [0.4, 0.5) is 4.79 Å². The normalized spacial score (nSPS) is 20.1. The molecular formula is C16H27N3O3. The first kappa shape index (κ1) is 16.8. The van der Waals surface area contributed by atoms with Crippen molar-refractivity contribution in [2.24, 2.45) is 0 Å². The van der Waals surface area contributed by atoms with E-state index in [1.165, 1.54) is 0 Å². The maximum absolute atomic E-state index is 12.5. The molecule has 0 radical (unpaired) electrons. The van der Waals surface area contributed by atoms with Crippen LogP contribution in [0.2, 0.25) is 0 Å². The van der Waals surface area contributed by atoms with Crippen LogP contribution in [0, 0.1) is 0 Å². The highest BCUT2D eigenvalue weighted by molar-refractivity contribution is 5.68.